The molecule has 0 unspecified atom stereocenters. The summed E-state index contributed by atoms with van der Waals surface area (Å²) in [5, 5.41) is 1.10. The van der Waals surface area contributed by atoms with Crippen LogP contribution in [0.1, 0.15) is 12.8 Å². The Kier molecular flexibility index (Phi) is 6.22. The fourth-order valence-corrected chi connectivity index (χ4v) is 3.33. The molecule has 0 spiro atoms. The lowest BCUT2D eigenvalue weighted by Gasteiger charge is -2.36. The smallest absolute Gasteiger partial charge is 0.248 e. The molecule has 2 fully saturated rings. The third-order valence-corrected chi connectivity index (χ3v) is 5.19. The Morgan fingerprint density at radius 1 is 1.21 bits per heavy atom. The molecule has 3 rings (SSSR count). The molecule has 1 amide bonds. The van der Waals surface area contributed by atoms with Gasteiger partial charge in [-0.15, -0.1) is 0 Å². The average molecular weight is 373 g/mol. The van der Waals surface area contributed by atoms with Crippen molar-refractivity contribution in [3.63, 3.8) is 0 Å². The van der Waals surface area contributed by atoms with Crippen LogP contribution < -0.4 is 4.90 Å². The maximum Gasteiger partial charge on any atom is 0.248 e. The van der Waals surface area contributed by atoms with Gasteiger partial charge < -0.3 is 19.3 Å². The van der Waals surface area contributed by atoms with Crippen LogP contribution in [0.4, 0.5) is 5.69 Å². The number of halogens is 2. The van der Waals surface area contributed by atoms with Gasteiger partial charge in [-0.3, -0.25) is 4.79 Å². The van der Waals surface area contributed by atoms with Gasteiger partial charge in [0.1, 0.15) is 6.61 Å². The van der Waals surface area contributed by atoms with E-state index in [0.29, 0.717) is 29.7 Å². The molecule has 0 N–H and O–H groups in total. The van der Waals surface area contributed by atoms with E-state index in [2.05, 4.69) is 4.90 Å². The van der Waals surface area contributed by atoms with E-state index in [1.54, 1.807) is 6.07 Å². The summed E-state index contributed by atoms with van der Waals surface area (Å²) in [6.45, 7) is 4.36. The lowest BCUT2D eigenvalue weighted by atomic mass is 10.2. The first-order chi connectivity index (χ1) is 11.6. The minimum Gasteiger partial charge on any atom is -0.376 e. The van der Waals surface area contributed by atoms with E-state index in [1.165, 1.54) is 0 Å². The Labute approximate surface area is 152 Å². The van der Waals surface area contributed by atoms with Crippen molar-refractivity contribution in [3.05, 3.63) is 28.2 Å². The number of benzene rings is 1. The van der Waals surface area contributed by atoms with Crippen LogP contribution in [0.25, 0.3) is 0 Å². The van der Waals surface area contributed by atoms with Crippen molar-refractivity contribution in [1.82, 2.24) is 4.90 Å². The van der Waals surface area contributed by atoms with Gasteiger partial charge in [-0.25, -0.2) is 0 Å². The van der Waals surface area contributed by atoms with E-state index >= 15 is 0 Å². The van der Waals surface area contributed by atoms with Crippen LogP contribution in [-0.4, -0.2) is 62.9 Å². The molecule has 0 saturated carbocycles. The normalized spacial score (nSPS) is 21.3. The highest BCUT2D eigenvalue weighted by Gasteiger charge is 2.22. The molecule has 2 saturated heterocycles. The molecule has 0 aliphatic carbocycles. The zero-order chi connectivity index (χ0) is 16.9. The summed E-state index contributed by atoms with van der Waals surface area (Å²) < 4.78 is 11.0. The Bertz CT molecular complexity index is 571. The van der Waals surface area contributed by atoms with Gasteiger partial charge in [0.15, 0.2) is 0 Å². The summed E-state index contributed by atoms with van der Waals surface area (Å²) >= 11 is 12.0. The number of nitrogens with zero attached hydrogens (tertiary/aromatic N) is 2. The maximum absolute atomic E-state index is 12.2. The van der Waals surface area contributed by atoms with Gasteiger partial charge in [0.25, 0.3) is 0 Å². The van der Waals surface area contributed by atoms with E-state index in [0.717, 1.165) is 38.2 Å². The van der Waals surface area contributed by atoms with Crippen molar-refractivity contribution in [1.29, 1.82) is 0 Å². The van der Waals surface area contributed by atoms with Gasteiger partial charge in [0.2, 0.25) is 5.91 Å². The number of hydrogen-bond acceptors (Lipinski definition) is 4. The van der Waals surface area contributed by atoms with Crippen LogP contribution in [0, 0.1) is 0 Å². The van der Waals surface area contributed by atoms with Crippen LogP contribution in [0.15, 0.2) is 18.2 Å². The molecule has 2 aliphatic rings. The second-order valence-electron chi connectivity index (χ2n) is 6.12. The van der Waals surface area contributed by atoms with Gasteiger partial charge in [-0.05, 0) is 31.0 Å². The number of piperazine rings is 1. The van der Waals surface area contributed by atoms with Crippen LogP contribution >= 0.6 is 23.2 Å². The van der Waals surface area contributed by atoms with Crippen LogP contribution in [0.3, 0.4) is 0 Å². The van der Waals surface area contributed by atoms with E-state index in [9.17, 15) is 4.79 Å². The van der Waals surface area contributed by atoms with E-state index < -0.39 is 0 Å². The number of carbonyl (C=O) groups is 1. The molecule has 2 aliphatic heterocycles. The molecule has 1 aromatic carbocycles. The predicted molar refractivity (Wildman–Crippen MR) is 95.0 cm³/mol. The Morgan fingerprint density at radius 3 is 2.67 bits per heavy atom. The molecule has 0 aromatic heterocycles. The first kappa shape index (κ1) is 17.8. The lowest BCUT2D eigenvalue weighted by Crippen LogP contribution is -2.49. The average Bonchev–Trinajstić information content (AvgIpc) is 3.11. The fraction of sp³-hybridized carbons (Fsp3) is 0.588. The van der Waals surface area contributed by atoms with Gasteiger partial charge >= 0.3 is 0 Å². The zero-order valence-corrected chi connectivity index (χ0v) is 15.1. The minimum atomic E-state index is 0.0433. The largest absolute Gasteiger partial charge is 0.376 e. The molecule has 1 aromatic rings. The van der Waals surface area contributed by atoms with E-state index in [-0.39, 0.29) is 18.6 Å². The number of carbonyl (C=O) groups excluding carboxylic acids is 1. The Morgan fingerprint density at radius 2 is 2.00 bits per heavy atom. The first-order valence-corrected chi connectivity index (χ1v) is 9.06. The van der Waals surface area contributed by atoms with Gasteiger partial charge in [-0.1, -0.05) is 23.2 Å². The molecule has 0 radical (unpaired) electrons. The number of anilines is 1. The monoisotopic (exact) mass is 372 g/mol. The van der Waals surface area contributed by atoms with E-state index in [4.69, 9.17) is 32.7 Å². The van der Waals surface area contributed by atoms with Gasteiger partial charge in [0.05, 0.1) is 22.8 Å². The molecule has 7 heteroatoms. The van der Waals surface area contributed by atoms with Crippen molar-refractivity contribution >= 4 is 34.8 Å². The van der Waals surface area contributed by atoms with Crippen molar-refractivity contribution in [2.45, 2.75) is 18.9 Å². The minimum absolute atomic E-state index is 0.0433. The summed E-state index contributed by atoms with van der Waals surface area (Å²) in [6, 6.07) is 5.62. The molecule has 2 heterocycles. The highest BCUT2D eigenvalue weighted by atomic mass is 35.5. The molecule has 0 bridgehead atoms. The standard InChI is InChI=1S/C17H22Cl2N2O3/c18-15-4-3-13(10-16(15)19)20-5-7-21(8-6-20)17(22)12-23-11-14-2-1-9-24-14/h3-4,10,14H,1-2,5-9,11-12H2/t14-/m0/s1. The zero-order valence-electron chi connectivity index (χ0n) is 13.5. The third kappa shape index (κ3) is 4.54. The van der Waals surface area contributed by atoms with Crippen molar-refractivity contribution in [2.24, 2.45) is 0 Å². The van der Waals surface area contributed by atoms with Crippen LogP contribution in [-0.2, 0) is 14.3 Å². The molecule has 24 heavy (non-hydrogen) atoms. The molecular formula is C17H22Cl2N2O3. The molecular weight excluding hydrogens is 351 g/mol. The summed E-state index contributed by atoms with van der Waals surface area (Å²) in [7, 11) is 0. The SMILES string of the molecule is O=C(COC[C@@H]1CCCO1)N1CCN(c2ccc(Cl)c(Cl)c2)CC1. The number of amides is 1. The number of ether oxygens (including phenoxy) is 2. The summed E-state index contributed by atoms with van der Waals surface area (Å²) in [5.74, 6) is 0.0433. The van der Waals surface area contributed by atoms with Crippen molar-refractivity contribution in [3.8, 4) is 0 Å². The van der Waals surface area contributed by atoms with Gasteiger partial charge in [-0.2, -0.15) is 0 Å². The van der Waals surface area contributed by atoms with Gasteiger partial charge in [0, 0.05) is 38.5 Å². The predicted octanol–water partition coefficient (Wildman–Crippen LogP) is 2.84. The highest BCUT2D eigenvalue weighted by Crippen LogP contribution is 2.27. The summed E-state index contributed by atoms with van der Waals surface area (Å²) in [5.41, 5.74) is 1.03. The quantitative estimate of drug-likeness (QED) is 0.796. The summed E-state index contributed by atoms with van der Waals surface area (Å²) in [6.07, 6.45) is 2.26. The number of rotatable bonds is 5. The van der Waals surface area contributed by atoms with Crippen LogP contribution in [0.2, 0.25) is 10.0 Å². The molecule has 132 valence electrons. The Balaban J connectivity index is 1.42. The maximum atomic E-state index is 12.2. The third-order valence-electron chi connectivity index (χ3n) is 4.45. The molecule has 5 nitrogen and oxygen atoms in total. The number of hydrogen-bond donors (Lipinski definition) is 0. The van der Waals surface area contributed by atoms with Crippen molar-refractivity contribution in [2.75, 3.05) is 50.9 Å². The Hall–Kier alpha value is -1.01. The van der Waals surface area contributed by atoms with Crippen LogP contribution in [0.5, 0.6) is 0 Å². The highest BCUT2D eigenvalue weighted by molar-refractivity contribution is 6.42. The first-order valence-electron chi connectivity index (χ1n) is 8.30. The second kappa shape index (κ2) is 8.39. The van der Waals surface area contributed by atoms with E-state index in [1.807, 2.05) is 17.0 Å². The fourth-order valence-electron chi connectivity index (χ4n) is 3.04. The molecule has 1 atom stereocenters. The second-order valence-corrected chi connectivity index (χ2v) is 6.93. The lowest BCUT2D eigenvalue weighted by molar-refractivity contribution is -0.137. The topological polar surface area (TPSA) is 42.0 Å². The summed E-state index contributed by atoms with van der Waals surface area (Å²) in [4.78, 5) is 16.3. The van der Waals surface area contributed by atoms with Crippen molar-refractivity contribution < 1.29 is 14.3 Å².